The molecule has 0 saturated carbocycles. The van der Waals surface area contributed by atoms with Gasteiger partial charge in [-0.1, -0.05) is 32.4 Å². The molecule has 2 amide bonds. The van der Waals surface area contributed by atoms with Crippen LogP contribution >= 0.6 is 11.6 Å². The molecule has 1 unspecified atom stereocenters. The molecule has 0 aliphatic carbocycles. The van der Waals surface area contributed by atoms with Gasteiger partial charge >= 0.3 is 0 Å². The molecule has 3 N–H and O–H groups in total. The maximum Gasteiger partial charge on any atom is 0.255 e. The highest BCUT2D eigenvalue weighted by molar-refractivity contribution is 6.33. The Kier molecular flexibility index (Phi) is 9.55. The Morgan fingerprint density at radius 3 is 2.29 bits per heavy atom. The van der Waals surface area contributed by atoms with Gasteiger partial charge < -0.3 is 19.5 Å². The number of aromatic nitrogens is 1. The summed E-state index contributed by atoms with van der Waals surface area (Å²) < 4.78 is 16.4. The van der Waals surface area contributed by atoms with E-state index in [2.05, 4.69) is 10.3 Å². The zero-order chi connectivity index (χ0) is 27.9. The lowest BCUT2D eigenvalue weighted by Crippen LogP contribution is -2.32. The van der Waals surface area contributed by atoms with Crippen molar-refractivity contribution < 1.29 is 29.0 Å². The lowest BCUT2D eigenvalue weighted by molar-refractivity contribution is -0.134. The number of nitrogens with one attached hydrogen (secondary N) is 2. The number of carbonyl (C=O) groups excluding carboxylic acids is 2. The number of pyridine rings is 1. The Balaban J connectivity index is 1.70. The van der Waals surface area contributed by atoms with Crippen molar-refractivity contribution in [3.63, 3.8) is 0 Å². The van der Waals surface area contributed by atoms with Gasteiger partial charge in [0.2, 0.25) is 5.91 Å². The summed E-state index contributed by atoms with van der Waals surface area (Å²) in [7, 11) is 3.04. The number of nitrogens with zero attached hydrogens (tertiary/aromatic N) is 1. The Bertz CT molecular complexity index is 1260. The molecule has 0 radical (unpaired) electrons. The summed E-state index contributed by atoms with van der Waals surface area (Å²) in [5.74, 6) is 0.453. The van der Waals surface area contributed by atoms with Crippen molar-refractivity contribution in [1.82, 2.24) is 10.5 Å². The van der Waals surface area contributed by atoms with Gasteiger partial charge in [-0.05, 0) is 54.3 Å². The van der Waals surface area contributed by atoms with E-state index in [4.69, 9.17) is 31.0 Å². The first kappa shape index (κ1) is 28.7. The predicted molar refractivity (Wildman–Crippen MR) is 145 cm³/mol. The van der Waals surface area contributed by atoms with Gasteiger partial charge in [-0.25, -0.2) is 5.48 Å². The zero-order valence-corrected chi connectivity index (χ0v) is 22.8. The maximum atomic E-state index is 12.9. The number of hydrogen-bond acceptors (Lipinski definition) is 7. The third kappa shape index (κ3) is 7.60. The highest BCUT2D eigenvalue weighted by atomic mass is 35.5. The van der Waals surface area contributed by atoms with Crippen LogP contribution in [0.3, 0.4) is 0 Å². The van der Waals surface area contributed by atoms with Gasteiger partial charge in [0.25, 0.3) is 5.91 Å². The highest BCUT2D eigenvalue weighted by Gasteiger charge is 2.26. The third-order valence-electron chi connectivity index (χ3n) is 5.90. The number of halogens is 1. The molecule has 0 aliphatic rings. The molecule has 2 aromatic carbocycles. The number of hydroxylamine groups is 1. The number of benzene rings is 2. The fourth-order valence-electron chi connectivity index (χ4n) is 3.94. The van der Waals surface area contributed by atoms with Gasteiger partial charge in [0.15, 0.2) is 0 Å². The summed E-state index contributed by atoms with van der Waals surface area (Å²) in [6, 6.07) is 13.6. The minimum absolute atomic E-state index is 0.312. The minimum atomic E-state index is -0.428. The molecule has 202 valence electrons. The standard InChI is InChI=1S/C28H32ClN3O6/c1-17(26(33)32-35)14-28(2,3)16-38-20-7-9-25(30-15-20)23-12-19(6-8-24(23)29)31-27(34)18-10-21(36-4)13-22(11-18)37-5/h6-13,15,17,35H,14,16H2,1-5H3,(H,31,34)(H,32,33). The maximum absolute atomic E-state index is 12.9. The Labute approximate surface area is 227 Å². The monoisotopic (exact) mass is 541 g/mol. The van der Waals surface area contributed by atoms with Gasteiger partial charge in [0, 0.05) is 28.8 Å². The first-order chi connectivity index (χ1) is 18.0. The van der Waals surface area contributed by atoms with E-state index < -0.39 is 5.91 Å². The number of methoxy groups -OCH3 is 2. The fourth-order valence-corrected chi connectivity index (χ4v) is 4.15. The largest absolute Gasteiger partial charge is 0.497 e. The Morgan fingerprint density at radius 1 is 1.03 bits per heavy atom. The van der Waals surface area contributed by atoms with E-state index in [1.54, 1.807) is 67.1 Å². The number of rotatable bonds is 11. The third-order valence-corrected chi connectivity index (χ3v) is 6.23. The molecule has 0 aliphatic heterocycles. The van der Waals surface area contributed by atoms with E-state index in [-0.39, 0.29) is 17.2 Å². The Morgan fingerprint density at radius 2 is 1.71 bits per heavy atom. The summed E-state index contributed by atoms with van der Waals surface area (Å²) in [4.78, 5) is 29.0. The quantitative estimate of drug-likeness (QED) is 0.213. The average Bonchev–Trinajstić information content (AvgIpc) is 2.92. The van der Waals surface area contributed by atoms with Crippen LogP contribution in [0.4, 0.5) is 5.69 Å². The van der Waals surface area contributed by atoms with Crippen LogP contribution in [0.25, 0.3) is 11.3 Å². The normalized spacial score (nSPS) is 11.9. The number of hydrogen-bond donors (Lipinski definition) is 3. The van der Waals surface area contributed by atoms with Crippen LogP contribution in [-0.2, 0) is 4.79 Å². The molecule has 38 heavy (non-hydrogen) atoms. The van der Waals surface area contributed by atoms with Crippen molar-refractivity contribution in [2.24, 2.45) is 11.3 Å². The second kappa shape index (κ2) is 12.6. The molecule has 10 heteroatoms. The molecule has 0 bridgehead atoms. The number of anilines is 1. The molecule has 9 nitrogen and oxygen atoms in total. The molecule has 1 heterocycles. The number of carbonyl (C=O) groups is 2. The van der Waals surface area contributed by atoms with Crippen LogP contribution in [0.2, 0.25) is 5.02 Å². The summed E-state index contributed by atoms with van der Waals surface area (Å²) in [5.41, 5.74) is 3.54. The average molecular weight is 542 g/mol. The van der Waals surface area contributed by atoms with Crippen molar-refractivity contribution in [2.75, 3.05) is 26.1 Å². The van der Waals surface area contributed by atoms with Crippen LogP contribution in [0.5, 0.6) is 17.2 Å². The van der Waals surface area contributed by atoms with E-state index in [1.807, 2.05) is 13.8 Å². The van der Waals surface area contributed by atoms with E-state index in [0.717, 1.165) is 0 Å². The van der Waals surface area contributed by atoms with Crippen molar-refractivity contribution in [3.8, 4) is 28.5 Å². The van der Waals surface area contributed by atoms with Crippen LogP contribution < -0.4 is 25.0 Å². The minimum Gasteiger partial charge on any atom is -0.497 e. The lowest BCUT2D eigenvalue weighted by Gasteiger charge is -2.27. The van der Waals surface area contributed by atoms with E-state index >= 15 is 0 Å². The van der Waals surface area contributed by atoms with Crippen LogP contribution in [0.15, 0.2) is 54.7 Å². The summed E-state index contributed by atoms with van der Waals surface area (Å²) in [6.45, 7) is 6.07. The van der Waals surface area contributed by atoms with Crippen LogP contribution in [0, 0.1) is 11.3 Å². The predicted octanol–water partition coefficient (Wildman–Crippen LogP) is 5.61. The molecule has 0 fully saturated rings. The SMILES string of the molecule is COc1cc(OC)cc(C(=O)Nc2ccc(Cl)c(-c3ccc(OCC(C)(C)CC(C)C(=O)NO)cn3)c2)c1. The zero-order valence-electron chi connectivity index (χ0n) is 22.0. The van der Waals surface area contributed by atoms with E-state index in [9.17, 15) is 9.59 Å². The first-order valence-electron chi connectivity index (χ1n) is 11.9. The van der Waals surface area contributed by atoms with E-state index in [0.29, 0.717) is 57.8 Å². The van der Waals surface area contributed by atoms with Crippen molar-refractivity contribution >= 4 is 29.1 Å². The van der Waals surface area contributed by atoms with Crippen molar-refractivity contribution in [2.45, 2.75) is 27.2 Å². The van der Waals surface area contributed by atoms with Gasteiger partial charge in [-0.3, -0.25) is 19.8 Å². The highest BCUT2D eigenvalue weighted by Crippen LogP contribution is 2.32. The second-order valence-electron chi connectivity index (χ2n) is 9.66. The molecule has 3 aromatic rings. The summed E-state index contributed by atoms with van der Waals surface area (Å²) in [5, 5.41) is 12.2. The fraction of sp³-hybridized carbons (Fsp3) is 0.321. The van der Waals surface area contributed by atoms with E-state index in [1.165, 1.54) is 14.2 Å². The molecular weight excluding hydrogens is 510 g/mol. The van der Waals surface area contributed by atoms with Crippen LogP contribution in [-0.4, -0.2) is 42.8 Å². The van der Waals surface area contributed by atoms with Crippen molar-refractivity contribution in [1.29, 1.82) is 0 Å². The van der Waals surface area contributed by atoms with Gasteiger partial charge in [-0.2, -0.15) is 0 Å². The summed E-state index contributed by atoms with van der Waals surface area (Å²) in [6.07, 6.45) is 2.13. The molecule has 1 aromatic heterocycles. The van der Waals surface area contributed by atoms with Gasteiger partial charge in [-0.15, -0.1) is 0 Å². The Hall–Kier alpha value is -3.82. The lowest BCUT2D eigenvalue weighted by atomic mass is 9.84. The molecule has 3 rings (SSSR count). The molecule has 0 saturated heterocycles. The summed E-state index contributed by atoms with van der Waals surface area (Å²) >= 11 is 6.44. The first-order valence-corrected chi connectivity index (χ1v) is 12.3. The molecule has 1 atom stereocenters. The molecular formula is C28H32ClN3O6. The topological polar surface area (TPSA) is 119 Å². The second-order valence-corrected chi connectivity index (χ2v) is 10.1. The van der Waals surface area contributed by atoms with Crippen molar-refractivity contribution in [3.05, 3.63) is 65.3 Å². The number of ether oxygens (including phenoxy) is 3. The van der Waals surface area contributed by atoms with Gasteiger partial charge in [0.1, 0.15) is 17.2 Å². The van der Waals surface area contributed by atoms with Crippen LogP contribution in [0.1, 0.15) is 37.6 Å². The number of amides is 2. The molecule has 0 spiro atoms. The van der Waals surface area contributed by atoms with Gasteiger partial charge in [0.05, 0.1) is 37.7 Å². The smallest absolute Gasteiger partial charge is 0.255 e.